The molecule has 0 unspecified atom stereocenters. The Balaban J connectivity index is 2.58. The zero-order valence-corrected chi connectivity index (χ0v) is 9.69. The molecule has 0 saturated carbocycles. The fourth-order valence-corrected chi connectivity index (χ4v) is 1.82. The van der Waals surface area contributed by atoms with Gasteiger partial charge < -0.3 is 0 Å². The van der Waals surface area contributed by atoms with Gasteiger partial charge in [-0.15, -0.1) is 0 Å². The van der Waals surface area contributed by atoms with Crippen molar-refractivity contribution in [2.75, 3.05) is 0 Å². The van der Waals surface area contributed by atoms with E-state index < -0.39 is 0 Å². The molecule has 0 radical (unpaired) electrons. The van der Waals surface area contributed by atoms with Gasteiger partial charge in [0.15, 0.2) is 6.29 Å². The number of carbonyl (C=O) groups is 1. The summed E-state index contributed by atoms with van der Waals surface area (Å²) in [7, 11) is 0. The zero-order chi connectivity index (χ0) is 11.7. The smallest absolute Gasteiger partial charge is 0.153 e. The fourth-order valence-electron chi connectivity index (χ4n) is 1.82. The van der Waals surface area contributed by atoms with Crippen LogP contribution in [0.2, 0.25) is 0 Å². The van der Waals surface area contributed by atoms with E-state index in [0.29, 0.717) is 5.56 Å². The number of aromatic nitrogens is 2. The average Bonchev–Trinajstić information content (AvgIpc) is 2.60. The summed E-state index contributed by atoms with van der Waals surface area (Å²) < 4.78 is 1.80. The minimum atomic E-state index is 0.639. The van der Waals surface area contributed by atoms with E-state index >= 15 is 0 Å². The minimum Gasteiger partial charge on any atom is -0.298 e. The van der Waals surface area contributed by atoms with Crippen LogP contribution in [-0.2, 0) is 0 Å². The van der Waals surface area contributed by atoms with Crippen LogP contribution in [-0.4, -0.2) is 16.1 Å². The number of nitrogens with zero attached hydrogens (tertiary/aromatic N) is 2. The van der Waals surface area contributed by atoms with Crippen molar-refractivity contribution in [3.05, 3.63) is 46.8 Å². The topological polar surface area (TPSA) is 34.9 Å². The van der Waals surface area contributed by atoms with Crippen LogP contribution >= 0.6 is 0 Å². The van der Waals surface area contributed by atoms with Gasteiger partial charge in [-0.05, 0) is 32.4 Å². The number of hydrogen-bond donors (Lipinski definition) is 0. The highest BCUT2D eigenvalue weighted by Gasteiger charge is 2.08. The molecule has 0 aliphatic heterocycles. The van der Waals surface area contributed by atoms with Gasteiger partial charge in [0, 0.05) is 0 Å². The predicted molar refractivity (Wildman–Crippen MR) is 63.2 cm³/mol. The molecule has 0 saturated heterocycles. The van der Waals surface area contributed by atoms with Crippen molar-refractivity contribution >= 4 is 6.29 Å². The van der Waals surface area contributed by atoms with Crippen molar-refractivity contribution in [3.63, 3.8) is 0 Å². The lowest BCUT2D eigenvalue weighted by molar-refractivity contribution is 0.112. The predicted octanol–water partition coefficient (Wildman–Crippen LogP) is 2.61. The van der Waals surface area contributed by atoms with Crippen molar-refractivity contribution in [3.8, 4) is 5.69 Å². The summed E-state index contributed by atoms with van der Waals surface area (Å²) in [6, 6.07) is 6.18. The van der Waals surface area contributed by atoms with E-state index in [2.05, 4.69) is 18.1 Å². The molecule has 16 heavy (non-hydrogen) atoms. The van der Waals surface area contributed by atoms with E-state index in [1.807, 2.05) is 26.0 Å². The Morgan fingerprint density at radius 2 is 2.00 bits per heavy atom. The van der Waals surface area contributed by atoms with Crippen molar-refractivity contribution < 1.29 is 4.79 Å². The van der Waals surface area contributed by atoms with E-state index in [9.17, 15) is 4.79 Å². The minimum absolute atomic E-state index is 0.639. The summed E-state index contributed by atoms with van der Waals surface area (Å²) in [4.78, 5) is 10.8. The molecule has 0 fully saturated rings. The molecule has 1 heterocycles. The van der Waals surface area contributed by atoms with Gasteiger partial charge in [0.05, 0.1) is 23.1 Å². The molecule has 1 aromatic heterocycles. The highest BCUT2D eigenvalue weighted by Crippen LogP contribution is 2.18. The molecule has 0 bridgehead atoms. The molecule has 0 atom stereocenters. The number of aryl methyl sites for hydroxylation is 2. The Labute approximate surface area is 94.7 Å². The summed E-state index contributed by atoms with van der Waals surface area (Å²) in [5.74, 6) is 0. The van der Waals surface area contributed by atoms with E-state index in [0.717, 1.165) is 23.2 Å². The molecule has 0 amide bonds. The quantitative estimate of drug-likeness (QED) is 0.720. The van der Waals surface area contributed by atoms with Gasteiger partial charge in [0.25, 0.3) is 0 Å². The highest BCUT2D eigenvalue weighted by atomic mass is 16.1. The van der Waals surface area contributed by atoms with Gasteiger partial charge in [0.1, 0.15) is 0 Å². The normalized spacial score (nSPS) is 10.4. The summed E-state index contributed by atoms with van der Waals surface area (Å²) >= 11 is 0. The third-order valence-corrected chi connectivity index (χ3v) is 2.76. The van der Waals surface area contributed by atoms with Crippen LogP contribution in [0, 0.1) is 20.8 Å². The van der Waals surface area contributed by atoms with E-state index in [-0.39, 0.29) is 0 Å². The lowest BCUT2D eigenvalue weighted by Crippen LogP contribution is -2.01. The first kappa shape index (κ1) is 10.6. The van der Waals surface area contributed by atoms with Crippen LogP contribution in [0.25, 0.3) is 5.69 Å². The second-order valence-corrected chi connectivity index (χ2v) is 4.00. The molecule has 2 rings (SSSR count). The highest BCUT2D eigenvalue weighted by molar-refractivity contribution is 5.76. The lowest BCUT2D eigenvalue weighted by Gasteiger charge is -2.08. The maximum atomic E-state index is 10.8. The van der Waals surface area contributed by atoms with Gasteiger partial charge in [-0.3, -0.25) is 4.79 Å². The van der Waals surface area contributed by atoms with E-state index in [4.69, 9.17) is 0 Å². The molecule has 0 aliphatic rings. The molecule has 0 spiro atoms. The fraction of sp³-hybridized carbons (Fsp3) is 0.231. The first-order valence-electron chi connectivity index (χ1n) is 5.21. The van der Waals surface area contributed by atoms with Crippen LogP contribution in [0.3, 0.4) is 0 Å². The number of hydrogen-bond acceptors (Lipinski definition) is 2. The number of aldehydes is 1. The molecule has 82 valence electrons. The largest absolute Gasteiger partial charge is 0.298 e. The average molecular weight is 214 g/mol. The second kappa shape index (κ2) is 3.93. The maximum absolute atomic E-state index is 10.8. The van der Waals surface area contributed by atoms with Crippen LogP contribution in [0.5, 0.6) is 0 Å². The summed E-state index contributed by atoms with van der Waals surface area (Å²) in [6.07, 6.45) is 2.43. The lowest BCUT2D eigenvalue weighted by atomic mass is 10.1. The zero-order valence-electron chi connectivity index (χ0n) is 9.69. The standard InChI is InChI=1S/C13H14N2O/c1-9-4-5-13(10(2)6-9)15-11(3)12(8-16)7-14-15/h4-8H,1-3H3. The molecule has 1 aromatic carbocycles. The van der Waals surface area contributed by atoms with Gasteiger partial charge in [0.2, 0.25) is 0 Å². The van der Waals surface area contributed by atoms with E-state index in [1.165, 1.54) is 5.56 Å². The van der Waals surface area contributed by atoms with Crippen molar-refractivity contribution in [1.29, 1.82) is 0 Å². The van der Waals surface area contributed by atoms with E-state index in [1.54, 1.807) is 10.9 Å². The molecule has 3 nitrogen and oxygen atoms in total. The monoisotopic (exact) mass is 214 g/mol. The van der Waals surface area contributed by atoms with Gasteiger partial charge in [-0.2, -0.15) is 5.10 Å². The van der Waals surface area contributed by atoms with Gasteiger partial charge in [-0.1, -0.05) is 17.7 Å². The molecule has 0 aliphatic carbocycles. The van der Waals surface area contributed by atoms with Crippen LogP contribution < -0.4 is 0 Å². The first-order valence-corrected chi connectivity index (χ1v) is 5.21. The van der Waals surface area contributed by atoms with Crippen LogP contribution in [0.15, 0.2) is 24.4 Å². The first-order chi connectivity index (χ1) is 7.63. The van der Waals surface area contributed by atoms with Crippen molar-refractivity contribution in [2.24, 2.45) is 0 Å². The second-order valence-electron chi connectivity index (χ2n) is 4.00. The van der Waals surface area contributed by atoms with Gasteiger partial charge >= 0.3 is 0 Å². The Kier molecular flexibility index (Phi) is 2.60. The summed E-state index contributed by atoms with van der Waals surface area (Å²) in [6.45, 7) is 6.00. The third kappa shape index (κ3) is 1.65. The van der Waals surface area contributed by atoms with Crippen LogP contribution in [0.1, 0.15) is 27.2 Å². The Hall–Kier alpha value is -1.90. The molecular weight excluding hydrogens is 200 g/mol. The SMILES string of the molecule is Cc1ccc(-n2ncc(C=O)c2C)c(C)c1. The summed E-state index contributed by atoms with van der Waals surface area (Å²) in [5, 5.41) is 4.23. The number of carbonyl (C=O) groups excluding carboxylic acids is 1. The molecule has 3 heteroatoms. The van der Waals surface area contributed by atoms with Crippen LogP contribution in [0.4, 0.5) is 0 Å². The Bertz CT molecular complexity index is 541. The summed E-state index contributed by atoms with van der Waals surface area (Å²) in [5.41, 5.74) is 4.92. The van der Waals surface area contributed by atoms with Gasteiger partial charge in [-0.25, -0.2) is 4.68 Å². The molecule has 2 aromatic rings. The molecule has 0 N–H and O–H groups in total. The Morgan fingerprint density at radius 1 is 1.25 bits per heavy atom. The van der Waals surface area contributed by atoms with Crippen molar-refractivity contribution in [2.45, 2.75) is 20.8 Å². The maximum Gasteiger partial charge on any atom is 0.153 e. The Morgan fingerprint density at radius 3 is 2.56 bits per heavy atom. The third-order valence-electron chi connectivity index (χ3n) is 2.76. The van der Waals surface area contributed by atoms with Crippen molar-refractivity contribution in [1.82, 2.24) is 9.78 Å². The number of benzene rings is 1. The molecular formula is C13H14N2O. The number of rotatable bonds is 2.